The van der Waals surface area contributed by atoms with E-state index >= 15 is 0 Å². The van der Waals surface area contributed by atoms with Crippen LogP contribution in [0.15, 0.2) is 33.5 Å². The number of benzene rings is 1. The largest absolute Gasteiger partial charge is 0.487 e. The molecule has 0 spiro atoms. The fraction of sp³-hybridized carbons (Fsp3) is 0.654. The Labute approximate surface area is 227 Å². The first-order valence-electron chi connectivity index (χ1n) is 12.9. The molecule has 0 amide bonds. The van der Waals surface area contributed by atoms with Gasteiger partial charge in [-0.25, -0.2) is 4.79 Å². The molecule has 0 saturated carbocycles. The van der Waals surface area contributed by atoms with Crippen molar-refractivity contribution in [3.63, 3.8) is 0 Å². The van der Waals surface area contributed by atoms with Gasteiger partial charge in [0.15, 0.2) is 12.6 Å². The summed E-state index contributed by atoms with van der Waals surface area (Å²) >= 11 is 0. The number of hydrogen-bond donors (Lipinski definition) is 7. The maximum Gasteiger partial charge on any atom is 0.336 e. The molecule has 5 rings (SSSR count). The second-order valence-electron chi connectivity index (χ2n) is 10.8. The Bertz CT molecular complexity index is 1250. The first-order valence-corrected chi connectivity index (χ1v) is 12.9. The highest BCUT2D eigenvalue weighted by molar-refractivity contribution is 5.79. The maximum atomic E-state index is 11.6. The summed E-state index contributed by atoms with van der Waals surface area (Å²) in [5.41, 5.74) is -0.354. The van der Waals surface area contributed by atoms with Gasteiger partial charge in [0, 0.05) is 23.9 Å². The van der Waals surface area contributed by atoms with Crippen molar-refractivity contribution in [2.45, 2.75) is 93.4 Å². The molecule has 2 fully saturated rings. The van der Waals surface area contributed by atoms with E-state index in [0.29, 0.717) is 17.8 Å². The van der Waals surface area contributed by atoms with E-state index in [2.05, 4.69) is 0 Å². The van der Waals surface area contributed by atoms with Crippen molar-refractivity contribution in [1.29, 1.82) is 0 Å². The summed E-state index contributed by atoms with van der Waals surface area (Å²) in [6.07, 6.45) is -15.4. The van der Waals surface area contributed by atoms with Gasteiger partial charge in [0.25, 0.3) is 0 Å². The van der Waals surface area contributed by atoms with E-state index in [0.717, 1.165) is 10.9 Å². The van der Waals surface area contributed by atoms with E-state index < -0.39 is 92.0 Å². The summed E-state index contributed by atoms with van der Waals surface area (Å²) in [6.45, 7) is 2.28. The van der Waals surface area contributed by atoms with Crippen LogP contribution < -0.4 is 10.4 Å². The molecule has 222 valence electrons. The van der Waals surface area contributed by atoms with E-state index in [-0.39, 0.29) is 0 Å². The smallest absolute Gasteiger partial charge is 0.336 e. The van der Waals surface area contributed by atoms with Gasteiger partial charge >= 0.3 is 5.63 Å². The molecule has 40 heavy (non-hydrogen) atoms. The first-order chi connectivity index (χ1) is 18.9. The average Bonchev–Trinajstić information content (AvgIpc) is 3.35. The highest BCUT2D eigenvalue weighted by Gasteiger charge is 2.50. The van der Waals surface area contributed by atoms with Gasteiger partial charge < -0.3 is 63.8 Å². The zero-order valence-corrected chi connectivity index (χ0v) is 21.8. The number of aliphatic hydroxyl groups excluding tert-OH is 7. The molecule has 14 nitrogen and oxygen atoms in total. The Hall–Kier alpha value is -2.21. The van der Waals surface area contributed by atoms with Crippen molar-refractivity contribution in [3.8, 4) is 5.75 Å². The van der Waals surface area contributed by atoms with Crippen LogP contribution in [0.1, 0.15) is 19.4 Å². The second-order valence-corrected chi connectivity index (χ2v) is 10.8. The van der Waals surface area contributed by atoms with Crippen LogP contribution in [0.3, 0.4) is 0 Å². The lowest BCUT2D eigenvalue weighted by Crippen LogP contribution is -2.63. The highest BCUT2D eigenvalue weighted by Crippen LogP contribution is 2.38. The molecule has 2 aromatic rings. The predicted molar refractivity (Wildman–Crippen MR) is 132 cm³/mol. The Morgan fingerprint density at radius 1 is 0.875 bits per heavy atom. The minimum atomic E-state index is -1.69. The third-order valence-electron chi connectivity index (χ3n) is 7.61. The second kappa shape index (κ2) is 11.2. The van der Waals surface area contributed by atoms with E-state index in [1.54, 1.807) is 26.0 Å². The van der Waals surface area contributed by atoms with Gasteiger partial charge in [-0.1, -0.05) is 0 Å². The van der Waals surface area contributed by atoms with Crippen molar-refractivity contribution in [1.82, 2.24) is 0 Å². The Kier molecular flexibility index (Phi) is 8.22. The molecule has 0 unspecified atom stereocenters. The lowest BCUT2D eigenvalue weighted by Gasteiger charge is -2.45. The minimum absolute atomic E-state index is 0.371. The monoisotopic (exact) mass is 570 g/mol. The summed E-state index contributed by atoms with van der Waals surface area (Å²) < 4.78 is 33.9. The average molecular weight is 571 g/mol. The lowest BCUT2D eigenvalue weighted by atomic mass is 9.95. The molecule has 2 saturated heterocycles. The van der Waals surface area contributed by atoms with Crippen LogP contribution in [-0.2, 0) is 25.4 Å². The van der Waals surface area contributed by atoms with Crippen LogP contribution >= 0.6 is 0 Å². The van der Waals surface area contributed by atoms with Crippen LogP contribution in [-0.4, -0.2) is 122 Å². The van der Waals surface area contributed by atoms with Crippen molar-refractivity contribution < 1.29 is 63.8 Å². The van der Waals surface area contributed by atoms with Crippen LogP contribution in [0.4, 0.5) is 0 Å². The van der Waals surface area contributed by atoms with Crippen molar-refractivity contribution in [2.24, 2.45) is 0 Å². The quantitative estimate of drug-likeness (QED) is 0.172. The molecule has 3 aliphatic rings. The molecule has 3 aliphatic heterocycles. The Morgan fingerprint density at radius 3 is 2.23 bits per heavy atom. The van der Waals surface area contributed by atoms with Crippen LogP contribution in [0, 0.1) is 0 Å². The van der Waals surface area contributed by atoms with Gasteiger partial charge in [0.1, 0.15) is 71.9 Å². The molecule has 4 heterocycles. The molecule has 11 atom stereocenters. The summed E-state index contributed by atoms with van der Waals surface area (Å²) in [7, 11) is 0. The molecule has 0 aliphatic carbocycles. The van der Waals surface area contributed by atoms with Crippen LogP contribution in [0.2, 0.25) is 0 Å². The molecule has 7 N–H and O–H groups in total. The number of hydrogen-bond acceptors (Lipinski definition) is 14. The summed E-state index contributed by atoms with van der Waals surface area (Å²) in [5, 5.41) is 71.8. The molecule has 1 aromatic heterocycles. The highest BCUT2D eigenvalue weighted by atomic mass is 16.7. The number of aliphatic hydroxyl groups is 7. The fourth-order valence-corrected chi connectivity index (χ4v) is 5.12. The van der Waals surface area contributed by atoms with Gasteiger partial charge in [-0.2, -0.15) is 0 Å². The fourth-order valence-electron chi connectivity index (χ4n) is 5.12. The maximum absolute atomic E-state index is 11.6. The minimum Gasteiger partial charge on any atom is -0.487 e. The Balaban J connectivity index is 1.25. The summed E-state index contributed by atoms with van der Waals surface area (Å²) in [6, 6.07) is 6.46. The van der Waals surface area contributed by atoms with Crippen LogP contribution in [0.25, 0.3) is 11.0 Å². The SMILES string of the molecule is CC(C)(O[C@@H]1O[C@H](CO[C@@H]2O[C@H](CO)[C@@H](O)[C@H](O)[C@H]2O)[C@@H](O)[C@H](O)[C@H]1O)[C@@H]1Cc2cc3ccc(=O)oc3cc2O1. The zero-order chi connectivity index (χ0) is 28.9. The molecule has 1 aromatic carbocycles. The van der Waals surface area contributed by atoms with E-state index in [4.69, 9.17) is 28.1 Å². The van der Waals surface area contributed by atoms with Gasteiger partial charge in [-0.15, -0.1) is 0 Å². The molecular formula is C26H34O14. The van der Waals surface area contributed by atoms with E-state index in [1.807, 2.05) is 6.07 Å². The number of rotatable bonds is 7. The van der Waals surface area contributed by atoms with Gasteiger partial charge in [-0.05, 0) is 31.5 Å². The normalized spacial score (nSPS) is 38.3. The summed E-state index contributed by atoms with van der Waals surface area (Å²) in [4.78, 5) is 11.6. The van der Waals surface area contributed by atoms with Gasteiger partial charge in [0.2, 0.25) is 0 Å². The van der Waals surface area contributed by atoms with Gasteiger partial charge in [-0.3, -0.25) is 0 Å². The lowest BCUT2D eigenvalue weighted by molar-refractivity contribution is -0.345. The standard InChI is InChI=1S/C26H34O14/c1-26(2,16-6-11-5-10-3-4-17(28)37-12(10)7-13(11)36-16)40-25-23(34)21(32)19(30)15(39-25)9-35-24-22(33)20(31)18(29)14(8-27)38-24/h3-5,7,14-16,18-25,27,29-34H,6,8-9H2,1-2H3/t14-,15-,16+,18-,19-,20+,21+,22-,23-,24-,25+/m1/s1. The summed E-state index contributed by atoms with van der Waals surface area (Å²) in [5.74, 6) is 0.509. The molecule has 0 bridgehead atoms. The van der Waals surface area contributed by atoms with Crippen molar-refractivity contribution in [2.75, 3.05) is 13.2 Å². The van der Waals surface area contributed by atoms with Crippen molar-refractivity contribution in [3.05, 3.63) is 40.2 Å². The zero-order valence-electron chi connectivity index (χ0n) is 21.8. The third kappa shape index (κ3) is 5.49. The van der Waals surface area contributed by atoms with E-state index in [9.17, 15) is 40.5 Å². The predicted octanol–water partition coefficient (Wildman–Crippen LogP) is -2.48. The van der Waals surface area contributed by atoms with Crippen LogP contribution in [0.5, 0.6) is 5.75 Å². The Morgan fingerprint density at radius 2 is 1.52 bits per heavy atom. The third-order valence-corrected chi connectivity index (χ3v) is 7.61. The number of fused-ring (bicyclic) bond motifs is 2. The molecule has 0 radical (unpaired) electrons. The first kappa shape index (κ1) is 29.3. The topological polar surface area (TPSA) is 218 Å². The number of ether oxygens (including phenoxy) is 5. The van der Waals surface area contributed by atoms with E-state index in [1.165, 1.54) is 6.07 Å². The molecule has 14 heteroatoms. The van der Waals surface area contributed by atoms with Gasteiger partial charge in [0.05, 0.1) is 13.2 Å². The van der Waals surface area contributed by atoms with Crippen molar-refractivity contribution >= 4 is 11.0 Å². The molecular weight excluding hydrogens is 536 g/mol.